The molecule has 1 amide bonds. The highest BCUT2D eigenvalue weighted by Crippen LogP contribution is 2.11. The monoisotopic (exact) mass is 369 g/mol. The van der Waals surface area contributed by atoms with Gasteiger partial charge in [0.05, 0.1) is 6.61 Å². The Morgan fingerprint density at radius 3 is 2.15 bits per heavy atom. The predicted molar refractivity (Wildman–Crippen MR) is 104 cm³/mol. The van der Waals surface area contributed by atoms with Crippen molar-refractivity contribution >= 4 is 11.9 Å². The Labute approximate surface area is 160 Å². The third-order valence-electron chi connectivity index (χ3n) is 4.46. The number of carbonyl (C=O) groups excluding carboxylic acids is 1. The number of carbonyl (C=O) groups is 2. The molecule has 0 spiro atoms. The van der Waals surface area contributed by atoms with Gasteiger partial charge < -0.3 is 14.7 Å². The van der Waals surface area contributed by atoms with Crippen molar-refractivity contribution in [2.24, 2.45) is 0 Å². The summed E-state index contributed by atoms with van der Waals surface area (Å²) in [5.74, 6) is -1.14. The highest BCUT2D eigenvalue weighted by molar-refractivity contribution is 5.83. The number of hydrogen-bond donors (Lipinski definition) is 1. The maximum Gasteiger partial charge on any atom is 0.326 e. The minimum Gasteiger partial charge on any atom is -0.480 e. The fraction of sp³-hybridized carbons (Fsp3) is 0.364. The van der Waals surface area contributed by atoms with E-state index in [2.05, 4.69) is 0 Å². The Balaban J connectivity index is 1.70. The van der Waals surface area contributed by atoms with Crippen LogP contribution < -0.4 is 0 Å². The van der Waals surface area contributed by atoms with Crippen molar-refractivity contribution < 1.29 is 19.4 Å². The number of amides is 1. The Morgan fingerprint density at radius 1 is 0.963 bits per heavy atom. The molecular weight excluding hydrogens is 342 g/mol. The number of benzene rings is 2. The summed E-state index contributed by atoms with van der Waals surface area (Å²) in [5, 5.41) is 9.49. The number of ether oxygens (including phenoxy) is 1. The molecule has 2 rings (SSSR count). The number of nitrogens with zero attached hydrogens (tertiary/aromatic N) is 1. The number of aliphatic carboxylic acids is 1. The first-order valence-corrected chi connectivity index (χ1v) is 9.22. The lowest BCUT2D eigenvalue weighted by Crippen LogP contribution is -2.43. The number of hydrogen-bond acceptors (Lipinski definition) is 3. The van der Waals surface area contributed by atoms with Crippen molar-refractivity contribution in [2.45, 2.75) is 38.3 Å². The normalized spacial score (nSPS) is 11.7. The van der Waals surface area contributed by atoms with E-state index in [4.69, 9.17) is 4.74 Å². The maximum absolute atomic E-state index is 12.4. The van der Waals surface area contributed by atoms with Crippen molar-refractivity contribution in [1.29, 1.82) is 0 Å². The summed E-state index contributed by atoms with van der Waals surface area (Å²) in [7, 11) is 1.57. The molecule has 0 fully saturated rings. The average Bonchev–Trinajstić information content (AvgIpc) is 2.69. The number of carboxylic acids is 1. The minimum absolute atomic E-state index is 0.151. The van der Waals surface area contributed by atoms with Gasteiger partial charge in [-0.3, -0.25) is 4.79 Å². The summed E-state index contributed by atoms with van der Waals surface area (Å²) >= 11 is 0. The van der Waals surface area contributed by atoms with E-state index in [9.17, 15) is 14.7 Å². The Bertz CT molecular complexity index is 703. The van der Waals surface area contributed by atoms with Crippen LogP contribution in [0.3, 0.4) is 0 Å². The van der Waals surface area contributed by atoms with E-state index in [0.29, 0.717) is 32.5 Å². The van der Waals surface area contributed by atoms with E-state index in [0.717, 1.165) is 17.5 Å². The quantitative estimate of drug-likeness (QED) is 0.616. The van der Waals surface area contributed by atoms with Crippen LogP contribution in [0.2, 0.25) is 0 Å². The van der Waals surface area contributed by atoms with Gasteiger partial charge in [0.1, 0.15) is 6.04 Å². The van der Waals surface area contributed by atoms with E-state index in [1.54, 1.807) is 7.05 Å². The average molecular weight is 369 g/mol. The van der Waals surface area contributed by atoms with Crippen LogP contribution in [0.4, 0.5) is 0 Å². The second-order valence-electron chi connectivity index (χ2n) is 6.54. The van der Waals surface area contributed by atoms with Gasteiger partial charge in [0, 0.05) is 26.5 Å². The molecule has 0 aliphatic rings. The highest BCUT2D eigenvalue weighted by Gasteiger charge is 2.26. The second kappa shape index (κ2) is 11.1. The van der Waals surface area contributed by atoms with Crippen LogP contribution >= 0.6 is 0 Å². The molecule has 0 aromatic heterocycles. The van der Waals surface area contributed by atoms with Gasteiger partial charge in [0.2, 0.25) is 5.91 Å². The molecule has 5 nitrogen and oxygen atoms in total. The zero-order chi connectivity index (χ0) is 19.5. The SMILES string of the molecule is CN(C(=O)CCCCOCc1ccccc1)[C@@H](Cc1ccccc1)C(=O)O. The van der Waals surface area contributed by atoms with E-state index < -0.39 is 12.0 Å². The summed E-state index contributed by atoms with van der Waals surface area (Å²) in [6, 6.07) is 18.4. The van der Waals surface area contributed by atoms with Crippen LogP contribution in [0.5, 0.6) is 0 Å². The summed E-state index contributed by atoms with van der Waals surface area (Å²) in [6.07, 6.45) is 2.07. The Morgan fingerprint density at radius 2 is 1.56 bits per heavy atom. The van der Waals surface area contributed by atoms with Gasteiger partial charge >= 0.3 is 5.97 Å². The van der Waals surface area contributed by atoms with Crippen molar-refractivity contribution in [3.63, 3.8) is 0 Å². The molecule has 2 aromatic carbocycles. The van der Waals surface area contributed by atoms with Crippen LogP contribution in [0.15, 0.2) is 60.7 Å². The zero-order valence-electron chi connectivity index (χ0n) is 15.7. The summed E-state index contributed by atoms with van der Waals surface area (Å²) in [5.41, 5.74) is 2.03. The molecule has 27 heavy (non-hydrogen) atoms. The molecule has 0 heterocycles. The second-order valence-corrected chi connectivity index (χ2v) is 6.54. The van der Waals surface area contributed by atoms with Crippen LogP contribution in [0.25, 0.3) is 0 Å². The Hall–Kier alpha value is -2.66. The van der Waals surface area contributed by atoms with Gasteiger partial charge in [-0.05, 0) is 24.0 Å². The van der Waals surface area contributed by atoms with E-state index in [-0.39, 0.29) is 5.91 Å². The number of rotatable bonds is 11. The van der Waals surface area contributed by atoms with Gasteiger partial charge in [-0.25, -0.2) is 4.79 Å². The summed E-state index contributed by atoms with van der Waals surface area (Å²) in [6.45, 7) is 1.14. The molecule has 0 saturated heterocycles. The lowest BCUT2D eigenvalue weighted by molar-refractivity contribution is -0.149. The van der Waals surface area contributed by atoms with Crippen molar-refractivity contribution in [3.8, 4) is 0 Å². The lowest BCUT2D eigenvalue weighted by atomic mass is 10.0. The summed E-state index contributed by atoms with van der Waals surface area (Å²) in [4.78, 5) is 25.3. The molecule has 0 saturated carbocycles. The fourth-order valence-electron chi connectivity index (χ4n) is 2.82. The smallest absolute Gasteiger partial charge is 0.326 e. The summed E-state index contributed by atoms with van der Waals surface area (Å²) < 4.78 is 5.61. The molecule has 0 aliphatic heterocycles. The topological polar surface area (TPSA) is 66.8 Å². The largest absolute Gasteiger partial charge is 0.480 e. The van der Waals surface area contributed by atoms with Gasteiger partial charge in [-0.1, -0.05) is 60.7 Å². The first kappa shape index (κ1) is 20.6. The third kappa shape index (κ3) is 7.23. The standard InChI is InChI=1S/C22H27NO4/c1-23(20(22(25)26)16-18-10-4-2-5-11-18)21(24)14-8-9-15-27-17-19-12-6-3-7-13-19/h2-7,10-13,20H,8-9,14-17H2,1H3,(H,25,26)/t20-/m0/s1. The van der Waals surface area contributed by atoms with Gasteiger partial charge in [-0.2, -0.15) is 0 Å². The molecule has 5 heteroatoms. The molecule has 0 radical (unpaired) electrons. The van der Waals surface area contributed by atoms with Crippen molar-refractivity contribution in [2.75, 3.05) is 13.7 Å². The zero-order valence-corrected chi connectivity index (χ0v) is 15.7. The van der Waals surface area contributed by atoms with Crippen molar-refractivity contribution in [3.05, 3.63) is 71.8 Å². The lowest BCUT2D eigenvalue weighted by Gasteiger charge is -2.25. The number of carboxylic acid groups (broad SMARTS) is 1. The van der Waals surface area contributed by atoms with Crippen LogP contribution in [0.1, 0.15) is 30.4 Å². The minimum atomic E-state index is -0.985. The van der Waals surface area contributed by atoms with E-state index in [1.807, 2.05) is 60.7 Å². The predicted octanol–water partition coefficient (Wildman–Crippen LogP) is 3.53. The molecular formula is C22H27NO4. The first-order valence-electron chi connectivity index (χ1n) is 9.22. The highest BCUT2D eigenvalue weighted by atomic mass is 16.5. The maximum atomic E-state index is 12.4. The molecule has 1 N–H and O–H groups in total. The van der Waals surface area contributed by atoms with Crippen molar-refractivity contribution in [1.82, 2.24) is 4.90 Å². The fourth-order valence-corrected chi connectivity index (χ4v) is 2.82. The molecule has 2 aromatic rings. The first-order chi connectivity index (χ1) is 13.1. The molecule has 144 valence electrons. The van der Waals surface area contributed by atoms with Gasteiger partial charge in [0.25, 0.3) is 0 Å². The molecule has 1 atom stereocenters. The van der Waals surface area contributed by atoms with Crippen LogP contribution in [0, 0.1) is 0 Å². The van der Waals surface area contributed by atoms with E-state index >= 15 is 0 Å². The van der Waals surface area contributed by atoms with Gasteiger partial charge in [0.15, 0.2) is 0 Å². The van der Waals surface area contributed by atoms with Crippen LogP contribution in [-0.4, -0.2) is 41.6 Å². The molecule has 0 unspecified atom stereocenters. The molecule has 0 aliphatic carbocycles. The van der Waals surface area contributed by atoms with E-state index in [1.165, 1.54) is 4.90 Å². The third-order valence-corrected chi connectivity index (χ3v) is 4.46. The van der Waals surface area contributed by atoms with Gasteiger partial charge in [-0.15, -0.1) is 0 Å². The molecule has 0 bridgehead atoms. The number of unbranched alkanes of at least 4 members (excludes halogenated alkanes) is 1. The van der Waals surface area contributed by atoms with Crippen LogP contribution in [-0.2, 0) is 27.4 Å². The Kier molecular flexibility index (Phi) is 8.52. The number of likely N-dealkylation sites (N-methyl/N-ethyl adjacent to an activating group) is 1.